The number of aryl methyl sites for hydroxylation is 2. The predicted molar refractivity (Wildman–Crippen MR) is 78.3 cm³/mol. The molecule has 96 valence electrons. The summed E-state index contributed by atoms with van der Waals surface area (Å²) in [4.78, 5) is 4.47. The van der Waals surface area contributed by atoms with Crippen LogP contribution in [0.4, 0.5) is 5.69 Å². The van der Waals surface area contributed by atoms with Gasteiger partial charge in [0.05, 0.1) is 0 Å². The molecule has 0 spiro atoms. The highest BCUT2D eigenvalue weighted by Crippen LogP contribution is 2.30. The van der Waals surface area contributed by atoms with Gasteiger partial charge in [0.25, 0.3) is 0 Å². The van der Waals surface area contributed by atoms with E-state index in [1.54, 1.807) is 0 Å². The van der Waals surface area contributed by atoms with E-state index in [1.165, 1.54) is 0 Å². The number of fused-ring (bicyclic) bond motifs is 1. The Morgan fingerprint density at radius 3 is 2.63 bits per heavy atom. The minimum absolute atomic E-state index is 0.561. The highest BCUT2D eigenvalue weighted by Gasteiger charge is 2.11. The third kappa shape index (κ3) is 2.06. The van der Waals surface area contributed by atoms with Crippen LogP contribution in [0.25, 0.3) is 22.6 Å². The van der Waals surface area contributed by atoms with Crippen LogP contribution in [-0.2, 0) is 0 Å². The molecular formula is C15H13ClN2O. The van der Waals surface area contributed by atoms with Crippen LogP contribution in [0.5, 0.6) is 0 Å². The van der Waals surface area contributed by atoms with Crippen molar-refractivity contribution < 1.29 is 4.42 Å². The van der Waals surface area contributed by atoms with Gasteiger partial charge in [0.2, 0.25) is 5.89 Å². The molecular weight excluding hydrogens is 260 g/mol. The molecule has 0 bridgehead atoms. The molecule has 2 aromatic carbocycles. The Morgan fingerprint density at radius 2 is 1.89 bits per heavy atom. The van der Waals surface area contributed by atoms with E-state index in [4.69, 9.17) is 21.8 Å². The first-order valence-electron chi connectivity index (χ1n) is 5.98. The molecule has 19 heavy (non-hydrogen) atoms. The molecule has 0 aliphatic carbocycles. The summed E-state index contributed by atoms with van der Waals surface area (Å²) in [5.41, 5.74) is 10.9. The smallest absolute Gasteiger partial charge is 0.227 e. The quantitative estimate of drug-likeness (QED) is 0.670. The number of halogens is 1. The highest BCUT2D eigenvalue weighted by molar-refractivity contribution is 6.31. The van der Waals surface area contributed by atoms with Crippen LogP contribution in [0, 0.1) is 13.8 Å². The van der Waals surface area contributed by atoms with E-state index in [-0.39, 0.29) is 0 Å². The van der Waals surface area contributed by atoms with Crippen LogP contribution in [0.2, 0.25) is 5.02 Å². The van der Waals surface area contributed by atoms with Crippen molar-refractivity contribution >= 4 is 28.4 Å². The van der Waals surface area contributed by atoms with Crippen LogP contribution in [0.1, 0.15) is 11.1 Å². The Balaban J connectivity index is 2.20. The van der Waals surface area contributed by atoms with E-state index >= 15 is 0 Å². The lowest BCUT2D eigenvalue weighted by atomic mass is 10.1. The van der Waals surface area contributed by atoms with Gasteiger partial charge in [-0.1, -0.05) is 17.7 Å². The maximum Gasteiger partial charge on any atom is 0.227 e. The molecule has 1 aromatic heterocycles. The highest BCUT2D eigenvalue weighted by atomic mass is 35.5. The molecule has 0 fully saturated rings. The van der Waals surface area contributed by atoms with Crippen molar-refractivity contribution in [3.8, 4) is 11.5 Å². The number of oxazole rings is 1. The maximum absolute atomic E-state index is 6.13. The summed E-state index contributed by atoms with van der Waals surface area (Å²) in [6, 6.07) is 9.45. The Bertz CT molecular complexity index is 777. The van der Waals surface area contributed by atoms with E-state index in [9.17, 15) is 0 Å². The van der Waals surface area contributed by atoms with Crippen LogP contribution >= 0.6 is 11.6 Å². The lowest BCUT2D eigenvalue weighted by Crippen LogP contribution is -1.85. The van der Waals surface area contributed by atoms with Crippen molar-refractivity contribution in [1.82, 2.24) is 4.98 Å². The SMILES string of the molecule is Cc1ccc(-c2nc3cc(N)cc(C)c3o2)cc1Cl. The molecule has 0 radical (unpaired) electrons. The standard InChI is InChI=1S/C15H13ClN2O/c1-8-3-4-10(6-12(8)16)15-18-13-7-11(17)5-9(2)14(13)19-15/h3-7H,17H2,1-2H3. The molecule has 0 aliphatic rings. The van der Waals surface area contributed by atoms with Crippen LogP contribution < -0.4 is 5.73 Å². The van der Waals surface area contributed by atoms with E-state index in [1.807, 2.05) is 44.2 Å². The van der Waals surface area contributed by atoms with Crippen molar-refractivity contribution in [2.45, 2.75) is 13.8 Å². The number of nitrogen functional groups attached to an aromatic ring is 1. The average Bonchev–Trinajstić information content (AvgIpc) is 2.76. The van der Waals surface area contributed by atoms with Crippen LogP contribution in [0.15, 0.2) is 34.7 Å². The first kappa shape index (κ1) is 12.1. The average molecular weight is 273 g/mol. The molecule has 2 N–H and O–H groups in total. The van der Waals surface area contributed by atoms with Gasteiger partial charge >= 0.3 is 0 Å². The van der Waals surface area contributed by atoms with Gasteiger partial charge in [-0.05, 0) is 49.2 Å². The number of aromatic nitrogens is 1. The normalized spacial score (nSPS) is 11.1. The summed E-state index contributed by atoms with van der Waals surface area (Å²) in [6.45, 7) is 3.92. The van der Waals surface area contributed by atoms with Gasteiger partial charge in [-0.3, -0.25) is 0 Å². The first-order valence-corrected chi connectivity index (χ1v) is 6.35. The fourth-order valence-electron chi connectivity index (χ4n) is 2.08. The molecule has 0 unspecified atom stereocenters. The molecule has 1 heterocycles. The molecule has 3 nitrogen and oxygen atoms in total. The van der Waals surface area contributed by atoms with Gasteiger partial charge in [-0.25, -0.2) is 4.98 Å². The van der Waals surface area contributed by atoms with E-state index in [0.717, 1.165) is 27.8 Å². The molecule has 0 aliphatic heterocycles. The molecule has 3 rings (SSSR count). The third-order valence-electron chi connectivity index (χ3n) is 3.12. The van der Waals surface area contributed by atoms with E-state index < -0.39 is 0 Å². The Labute approximate surface area is 116 Å². The minimum atomic E-state index is 0.561. The largest absolute Gasteiger partial charge is 0.436 e. The predicted octanol–water partition coefficient (Wildman–Crippen LogP) is 4.35. The van der Waals surface area contributed by atoms with Gasteiger partial charge in [-0.2, -0.15) is 0 Å². The zero-order chi connectivity index (χ0) is 13.6. The van der Waals surface area contributed by atoms with Crippen LogP contribution in [0.3, 0.4) is 0 Å². The summed E-state index contributed by atoms with van der Waals surface area (Å²) in [7, 11) is 0. The van der Waals surface area contributed by atoms with Crippen molar-refractivity contribution in [3.63, 3.8) is 0 Å². The fourth-order valence-corrected chi connectivity index (χ4v) is 2.26. The molecule has 4 heteroatoms. The van der Waals surface area contributed by atoms with Gasteiger partial charge in [0.1, 0.15) is 5.52 Å². The van der Waals surface area contributed by atoms with Crippen molar-refractivity contribution in [2.75, 3.05) is 5.73 Å². The number of hydrogen-bond donors (Lipinski definition) is 1. The van der Waals surface area contributed by atoms with Crippen molar-refractivity contribution in [2.24, 2.45) is 0 Å². The van der Waals surface area contributed by atoms with Crippen molar-refractivity contribution in [1.29, 1.82) is 0 Å². The van der Waals surface area contributed by atoms with Gasteiger partial charge < -0.3 is 10.2 Å². The number of anilines is 1. The number of nitrogens with two attached hydrogens (primary N) is 1. The summed E-state index contributed by atoms with van der Waals surface area (Å²) >= 11 is 6.13. The number of hydrogen-bond acceptors (Lipinski definition) is 3. The monoisotopic (exact) mass is 272 g/mol. The second-order valence-electron chi connectivity index (χ2n) is 4.67. The lowest BCUT2D eigenvalue weighted by Gasteiger charge is -1.99. The summed E-state index contributed by atoms with van der Waals surface area (Å²) in [6.07, 6.45) is 0. The Hall–Kier alpha value is -2.00. The van der Waals surface area contributed by atoms with Crippen LogP contribution in [-0.4, -0.2) is 4.98 Å². The van der Waals surface area contributed by atoms with Gasteiger partial charge in [-0.15, -0.1) is 0 Å². The second kappa shape index (κ2) is 4.28. The molecule has 0 amide bonds. The van der Waals surface area contributed by atoms with E-state index in [0.29, 0.717) is 16.6 Å². The summed E-state index contributed by atoms with van der Waals surface area (Å²) in [5, 5.41) is 0.705. The fraction of sp³-hybridized carbons (Fsp3) is 0.133. The summed E-state index contributed by atoms with van der Waals surface area (Å²) in [5.74, 6) is 0.561. The lowest BCUT2D eigenvalue weighted by molar-refractivity contribution is 0.617. The first-order chi connectivity index (χ1) is 9.04. The number of rotatable bonds is 1. The number of benzene rings is 2. The second-order valence-corrected chi connectivity index (χ2v) is 5.08. The van der Waals surface area contributed by atoms with Crippen molar-refractivity contribution in [3.05, 3.63) is 46.5 Å². The Kier molecular flexibility index (Phi) is 2.72. The molecule has 0 atom stereocenters. The molecule has 0 saturated heterocycles. The Morgan fingerprint density at radius 1 is 1.11 bits per heavy atom. The van der Waals surface area contributed by atoms with Gasteiger partial charge in [0.15, 0.2) is 5.58 Å². The number of nitrogens with zero attached hydrogens (tertiary/aromatic N) is 1. The van der Waals surface area contributed by atoms with Gasteiger partial charge in [0, 0.05) is 16.3 Å². The zero-order valence-electron chi connectivity index (χ0n) is 10.7. The van der Waals surface area contributed by atoms with E-state index in [2.05, 4.69) is 4.98 Å². The molecule has 0 saturated carbocycles. The minimum Gasteiger partial charge on any atom is -0.436 e. The molecule has 3 aromatic rings. The zero-order valence-corrected chi connectivity index (χ0v) is 11.5. The topological polar surface area (TPSA) is 52.0 Å². The maximum atomic E-state index is 6.13. The third-order valence-corrected chi connectivity index (χ3v) is 3.52. The summed E-state index contributed by atoms with van der Waals surface area (Å²) < 4.78 is 5.81.